The van der Waals surface area contributed by atoms with Crippen LogP contribution in [0.5, 0.6) is 11.5 Å². The van der Waals surface area contributed by atoms with E-state index < -0.39 is 0 Å². The van der Waals surface area contributed by atoms with E-state index in [1.807, 2.05) is 0 Å². The highest BCUT2D eigenvalue weighted by molar-refractivity contribution is 6.30. The SMILES string of the molecule is Nc1ncc(Oc2ccc(Cl)cc2)c(NC2CCCCC2CO)n1. The van der Waals surface area contributed by atoms with E-state index in [4.69, 9.17) is 22.1 Å². The van der Waals surface area contributed by atoms with Gasteiger partial charge in [0.05, 0.1) is 6.20 Å². The van der Waals surface area contributed by atoms with Gasteiger partial charge in [-0.25, -0.2) is 4.98 Å². The number of aliphatic hydroxyl groups is 1. The zero-order valence-electron chi connectivity index (χ0n) is 13.3. The lowest BCUT2D eigenvalue weighted by molar-refractivity contribution is 0.178. The van der Waals surface area contributed by atoms with Gasteiger partial charge in [-0.05, 0) is 37.1 Å². The summed E-state index contributed by atoms with van der Waals surface area (Å²) in [5.41, 5.74) is 5.73. The van der Waals surface area contributed by atoms with Gasteiger partial charge in [0.25, 0.3) is 0 Å². The van der Waals surface area contributed by atoms with E-state index in [1.54, 1.807) is 30.5 Å². The van der Waals surface area contributed by atoms with Gasteiger partial charge in [-0.3, -0.25) is 0 Å². The number of nitrogens with one attached hydrogen (secondary N) is 1. The van der Waals surface area contributed by atoms with E-state index >= 15 is 0 Å². The number of nitrogens with zero attached hydrogens (tertiary/aromatic N) is 2. The predicted octanol–water partition coefficient (Wildman–Crippen LogP) is 3.47. The molecule has 1 fully saturated rings. The molecule has 0 amide bonds. The highest BCUT2D eigenvalue weighted by Gasteiger charge is 2.26. The van der Waals surface area contributed by atoms with Gasteiger partial charge in [0.1, 0.15) is 5.75 Å². The number of halogens is 1. The average Bonchev–Trinajstić information content (AvgIpc) is 2.59. The minimum atomic E-state index is 0.144. The second-order valence-corrected chi connectivity index (χ2v) is 6.41. The predicted molar refractivity (Wildman–Crippen MR) is 94.4 cm³/mol. The van der Waals surface area contributed by atoms with Crippen molar-refractivity contribution in [1.82, 2.24) is 9.97 Å². The van der Waals surface area contributed by atoms with Crippen molar-refractivity contribution in [3.8, 4) is 11.5 Å². The Kier molecular flexibility index (Phi) is 5.37. The fourth-order valence-electron chi connectivity index (χ4n) is 2.98. The van der Waals surface area contributed by atoms with Crippen molar-refractivity contribution in [1.29, 1.82) is 0 Å². The van der Waals surface area contributed by atoms with Crippen molar-refractivity contribution in [3.63, 3.8) is 0 Å². The van der Waals surface area contributed by atoms with Gasteiger partial charge < -0.3 is 20.9 Å². The van der Waals surface area contributed by atoms with Crippen LogP contribution < -0.4 is 15.8 Å². The molecule has 2 atom stereocenters. The Bertz CT molecular complexity index is 681. The molecule has 7 heteroatoms. The number of hydrogen-bond acceptors (Lipinski definition) is 6. The first-order valence-electron chi connectivity index (χ1n) is 8.09. The van der Waals surface area contributed by atoms with Crippen molar-refractivity contribution < 1.29 is 9.84 Å². The third kappa shape index (κ3) is 4.07. The molecule has 0 bridgehead atoms. The quantitative estimate of drug-likeness (QED) is 0.766. The van der Waals surface area contributed by atoms with Crippen LogP contribution in [-0.4, -0.2) is 27.7 Å². The monoisotopic (exact) mass is 348 g/mol. The van der Waals surface area contributed by atoms with E-state index in [9.17, 15) is 5.11 Å². The van der Waals surface area contributed by atoms with E-state index in [0.717, 1.165) is 25.7 Å². The summed E-state index contributed by atoms with van der Waals surface area (Å²) in [5, 5.41) is 13.6. The lowest BCUT2D eigenvalue weighted by Gasteiger charge is -2.31. The molecule has 1 aromatic carbocycles. The Morgan fingerprint density at radius 3 is 2.75 bits per heavy atom. The number of aromatic nitrogens is 2. The Labute approximate surface area is 146 Å². The molecule has 1 aromatic heterocycles. The molecule has 6 nitrogen and oxygen atoms in total. The summed E-state index contributed by atoms with van der Waals surface area (Å²) in [6.07, 6.45) is 5.80. The molecule has 128 valence electrons. The van der Waals surface area contributed by atoms with Crippen LogP contribution in [0, 0.1) is 5.92 Å². The molecule has 3 rings (SSSR count). The van der Waals surface area contributed by atoms with Crippen LogP contribution in [-0.2, 0) is 0 Å². The van der Waals surface area contributed by atoms with Crippen LogP contribution in [0.25, 0.3) is 0 Å². The lowest BCUT2D eigenvalue weighted by atomic mass is 9.85. The van der Waals surface area contributed by atoms with Crippen molar-refractivity contribution in [2.24, 2.45) is 5.92 Å². The van der Waals surface area contributed by atoms with Crippen LogP contribution in [0.2, 0.25) is 5.02 Å². The Morgan fingerprint density at radius 1 is 1.25 bits per heavy atom. The summed E-state index contributed by atoms with van der Waals surface area (Å²) < 4.78 is 5.87. The smallest absolute Gasteiger partial charge is 0.222 e. The highest BCUT2D eigenvalue weighted by atomic mass is 35.5. The number of benzene rings is 1. The molecule has 1 aliphatic carbocycles. The number of nitrogens with two attached hydrogens (primary N) is 1. The number of nitrogen functional groups attached to an aromatic ring is 1. The Hall–Kier alpha value is -2.05. The number of anilines is 2. The van der Waals surface area contributed by atoms with E-state index in [2.05, 4.69) is 15.3 Å². The van der Waals surface area contributed by atoms with Gasteiger partial charge in [-0.2, -0.15) is 4.98 Å². The van der Waals surface area contributed by atoms with Crippen molar-refractivity contribution in [3.05, 3.63) is 35.5 Å². The average molecular weight is 349 g/mol. The second kappa shape index (κ2) is 7.68. The first kappa shape index (κ1) is 16.8. The summed E-state index contributed by atoms with van der Waals surface area (Å²) in [6.45, 7) is 0.158. The molecule has 1 aliphatic rings. The molecule has 2 aromatic rings. The maximum atomic E-state index is 9.58. The fourth-order valence-corrected chi connectivity index (χ4v) is 3.11. The van der Waals surface area contributed by atoms with Crippen molar-refractivity contribution >= 4 is 23.4 Å². The Balaban J connectivity index is 1.81. The first-order valence-corrected chi connectivity index (χ1v) is 8.47. The van der Waals surface area contributed by atoms with Crippen LogP contribution >= 0.6 is 11.6 Å². The third-order valence-electron chi connectivity index (χ3n) is 4.28. The maximum absolute atomic E-state index is 9.58. The fraction of sp³-hybridized carbons (Fsp3) is 0.412. The molecular formula is C17H21ClN4O2. The van der Waals surface area contributed by atoms with Gasteiger partial charge in [0.2, 0.25) is 5.95 Å². The molecule has 2 unspecified atom stereocenters. The third-order valence-corrected chi connectivity index (χ3v) is 4.53. The van der Waals surface area contributed by atoms with Gasteiger partial charge >= 0.3 is 0 Å². The van der Waals surface area contributed by atoms with Crippen LogP contribution in [0.4, 0.5) is 11.8 Å². The van der Waals surface area contributed by atoms with Gasteiger partial charge in [0, 0.05) is 23.6 Å². The minimum Gasteiger partial charge on any atom is -0.452 e. The minimum absolute atomic E-state index is 0.144. The second-order valence-electron chi connectivity index (χ2n) is 5.97. The zero-order chi connectivity index (χ0) is 16.9. The number of rotatable bonds is 5. The topological polar surface area (TPSA) is 93.3 Å². The molecule has 1 saturated carbocycles. The number of aliphatic hydroxyl groups excluding tert-OH is 1. The molecule has 0 spiro atoms. The Morgan fingerprint density at radius 2 is 2.00 bits per heavy atom. The summed E-state index contributed by atoms with van der Waals surface area (Å²) in [5.74, 6) is 2.06. The summed E-state index contributed by atoms with van der Waals surface area (Å²) in [7, 11) is 0. The molecule has 4 N–H and O–H groups in total. The molecule has 1 heterocycles. The zero-order valence-corrected chi connectivity index (χ0v) is 14.0. The van der Waals surface area contributed by atoms with E-state index in [1.165, 1.54) is 0 Å². The highest BCUT2D eigenvalue weighted by Crippen LogP contribution is 2.32. The van der Waals surface area contributed by atoms with E-state index in [-0.39, 0.29) is 24.5 Å². The summed E-state index contributed by atoms with van der Waals surface area (Å²) >= 11 is 5.89. The maximum Gasteiger partial charge on any atom is 0.222 e. The van der Waals surface area contributed by atoms with Crippen LogP contribution in [0.1, 0.15) is 25.7 Å². The van der Waals surface area contributed by atoms with Gasteiger partial charge in [-0.15, -0.1) is 0 Å². The molecule has 0 aliphatic heterocycles. The molecular weight excluding hydrogens is 328 g/mol. The van der Waals surface area contributed by atoms with Crippen molar-refractivity contribution in [2.75, 3.05) is 17.7 Å². The van der Waals surface area contributed by atoms with Crippen LogP contribution in [0.3, 0.4) is 0 Å². The number of hydrogen-bond donors (Lipinski definition) is 3. The standard InChI is InChI=1S/C17H21ClN4O2/c18-12-5-7-13(8-6-12)24-15-9-20-17(19)22-16(15)21-14-4-2-1-3-11(14)10-23/h5-9,11,14,23H,1-4,10H2,(H3,19,20,21,22). The summed E-state index contributed by atoms with van der Waals surface area (Å²) in [4.78, 5) is 8.28. The molecule has 0 saturated heterocycles. The first-order chi connectivity index (χ1) is 11.7. The van der Waals surface area contributed by atoms with E-state index in [0.29, 0.717) is 22.3 Å². The lowest BCUT2D eigenvalue weighted by Crippen LogP contribution is -2.34. The number of ether oxygens (including phenoxy) is 1. The molecule has 0 radical (unpaired) electrons. The van der Waals surface area contributed by atoms with Gasteiger partial charge in [-0.1, -0.05) is 24.4 Å². The molecule has 24 heavy (non-hydrogen) atoms. The normalized spacial score (nSPS) is 20.6. The van der Waals surface area contributed by atoms with Gasteiger partial charge in [0.15, 0.2) is 11.6 Å². The summed E-state index contributed by atoms with van der Waals surface area (Å²) in [6, 6.07) is 7.21. The largest absolute Gasteiger partial charge is 0.452 e. The van der Waals surface area contributed by atoms with Crippen molar-refractivity contribution in [2.45, 2.75) is 31.7 Å². The van der Waals surface area contributed by atoms with Crippen LogP contribution in [0.15, 0.2) is 30.5 Å².